The van der Waals surface area contributed by atoms with Gasteiger partial charge in [-0.1, -0.05) is 0 Å². The van der Waals surface area contributed by atoms with Crippen LogP contribution in [0.3, 0.4) is 0 Å². The molecule has 1 amide bonds. The zero-order chi connectivity index (χ0) is 14.8. The van der Waals surface area contributed by atoms with E-state index in [1.807, 2.05) is 11.8 Å². The highest BCUT2D eigenvalue weighted by molar-refractivity contribution is 5.95. The van der Waals surface area contributed by atoms with Gasteiger partial charge in [-0.2, -0.15) is 5.10 Å². The Morgan fingerprint density at radius 1 is 1.14 bits per heavy atom. The minimum absolute atomic E-state index is 0.0422. The van der Waals surface area contributed by atoms with Crippen LogP contribution >= 0.6 is 0 Å². The Hall–Kier alpha value is -2.17. The van der Waals surface area contributed by atoms with E-state index < -0.39 is 0 Å². The highest BCUT2D eigenvalue weighted by Gasteiger charge is 2.22. The lowest BCUT2D eigenvalue weighted by atomic mass is 10.1. The Kier molecular flexibility index (Phi) is 3.73. The van der Waals surface area contributed by atoms with Crippen LogP contribution < -0.4 is 0 Å². The lowest BCUT2D eigenvalue weighted by Crippen LogP contribution is -2.35. The normalized spacial score (nSPS) is 15.2. The lowest BCUT2D eigenvalue weighted by Gasteiger charge is -2.26. The number of carbonyl (C=O) groups excluding carboxylic acids is 1. The Bertz CT molecular complexity index is 642. The number of hydrogen-bond acceptors (Lipinski definition) is 2. The van der Waals surface area contributed by atoms with Crippen molar-refractivity contribution in [2.45, 2.75) is 26.2 Å². The number of halogens is 1. The van der Waals surface area contributed by atoms with Gasteiger partial charge < -0.3 is 4.90 Å². The van der Waals surface area contributed by atoms with Gasteiger partial charge in [-0.3, -0.25) is 4.79 Å². The summed E-state index contributed by atoms with van der Waals surface area (Å²) in [5.74, 6) is -0.242. The first-order valence-electron chi connectivity index (χ1n) is 7.26. The Labute approximate surface area is 123 Å². The number of amides is 1. The van der Waals surface area contributed by atoms with E-state index in [-0.39, 0.29) is 11.7 Å². The van der Waals surface area contributed by atoms with Crippen molar-refractivity contribution in [3.8, 4) is 5.69 Å². The summed E-state index contributed by atoms with van der Waals surface area (Å²) in [5.41, 5.74) is 2.17. The molecule has 2 heterocycles. The van der Waals surface area contributed by atoms with Crippen LogP contribution in [0.1, 0.15) is 35.3 Å². The van der Waals surface area contributed by atoms with E-state index in [1.165, 1.54) is 18.6 Å². The molecule has 3 rings (SSSR count). The molecule has 110 valence electrons. The predicted molar refractivity (Wildman–Crippen MR) is 78.0 cm³/mol. The van der Waals surface area contributed by atoms with Crippen LogP contribution in [0.25, 0.3) is 5.69 Å². The summed E-state index contributed by atoms with van der Waals surface area (Å²) in [6.45, 7) is 3.51. The molecule has 21 heavy (non-hydrogen) atoms. The second-order valence-corrected chi connectivity index (χ2v) is 5.38. The van der Waals surface area contributed by atoms with Crippen molar-refractivity contribution < 1.29 is 9.18 Å². The number of benzene rings is 1. The van der Waals surface area contributed by atoms with Crippen molar-refractivity contribution in [1.82, 2.24) is 14.7 Å². The number of nitrogens with zero attached hydrogens (tertiary/aromatic N) is 3. The maximum Gasteiger partial charge on any atom is 0.257 e. The maximum atomic E-state index is 13.0. The van der Waals surface area contributed by atoms with Crippen molar-refractivity contribution in [3.63, 3.8) is 0 Å². The Balaban J connectivity index is 1.88. The van der Waals surface area contributed by atoms with Crippen molar-refractivity contribution in [3.05, 3.63) is 47.5 Å². The molecule has 0 spiro atoms. The van der Waals surface area contributed by atoms with Crippen LogP contribution in [0, 0.1) is 12.7 Å². The van der Waals surface area contributed by atoms with E-state index in [0.29, 0.717) is 5.56 Å². The maximum absolute atomic E-state index is 13.0. The number of aromatic nitrogens is 2. The van der Waals surface area contributed by atoms with E-state index in [0.717, 1.165) is 37.3 Å². The number of piperidine rings is 1. The summed E-state index contributed by atoms with van der Waals surface area (Å²) < 4.78 is 14.7. The molecule has 2 aromatic rings. The van der Waals surface area contributed by atoms with Gasteiger partial charge in [-0.25, -0.2) is 9.07 Å². The third-order valence-electron chi connectivity index (χ3n) is 3.95. The molecule has 0 saturated carbocycles. The summed E-state index contributed by atoms with van der Waals surface area (Å²) in [6, 6.07) is 6.10. The van der Waals surface area contributed by atoms with Gasteiger partial charge in [0.15, 0.2) is 0 Å². The van der Waals surface area contributed by atoms with Crippen LogP contribution in [-0.4, -0.2) is 33.7 Å². The van der Waals surface area contributed by atoms with Gasteiger partial charge in [-0.05, 0) is 50.5 Å². The third-order valence-corrected chi connectivity index (χ3v) is 3.95. The molecular weight excluding hydrogens is 269 g/mol. The SMILES string of the molecule is Cc1c(C(=O)N2CCCCC2)cnn1-c1ccc(F)cc1. The van der Waals surface area contributed by atoms with Crippen molar-refractivity contribution >= 4 is 5.91 Å². The third kappa shape index (κ3) is 2.68. The molecule has 0 unspecified atom stereocenters. The van der Waals surface area contributed by atoms with Gasteiger partial charge >= 0.3 is 0 Å². The van der Waals surface area contributed by atoms with Crippen LogP contribution in [0.5, 0.6) is 0 Å². The van der Waals surface area contributed by atoms with Crippen molar-refractivity contribution in [2.24, 2.45) is 0 Å². The van der Waals surface area contributed by atoms with Crippen molar-refractivity contribution in [2.75, 3.05) is 13.1 Å². The van der Waals surface area contributed by atoms with Gasteiger partial charge in [0.1, 0.15) is 5.82 Å². The average molecular weight is 287 g/mol. The largest absolute Gasteiger partial charge is 0.339 e. The van der Waals surface area contributed by atoms with Crippen LogP contribution in [0.15, 0.2) is 30.5 Å². The van der Waals surface area contributed by atoms with Crippen LogP contribution in [-0.2, 0) is 0 Å². The monoisotopic (exact) mass is 287 g/mol. The summed E-state index contributed by atoms with van der Waals surface area (Å²) >= 11 is 0. The highest BCUT2D eigenvalue weighted by atomic mass is 19.1. The minimum atomic E-state index is -0.284. The summed E-state index contributed by atoms with van der Waals surface area (Å²) in [7, 11) is 0. The summed E-state index contributed by atoms with van der Waals surface area (Å²) in [4.78, 5) is 14.4. The van der Waals surface area contributed by atoms with Gasteiger partial charge in [0.25, 0.3) is 5.91 Å². The fourth-order valence-corrected chi connectivity index (χ4v) is 2.73. The summed E-state index contributed by atoms with van der Waals surface area (Å²) in [5, 5.41) is 4.28. The zero-order valence-corrected chi connectivity index (χ0v) is 12.1. The Morgan fingerprint density at radius 3 is 2.48 bits per heavy atom. The molecule has 0 atom stereocenters. The molecule has 1 aliphatic heterocycles. The molecule has 4 nitrogen and oxygen atoms in total. The molecule has 1 aliphatic rings. The Morgan fingerprint density at radius 2 is 1.81 bits per heavy atom. The zero-order valence-electron chi connectivity index (χ0n) is 12.1. The second-order valence-electron chi connectivity index (χ2n) is 5.38. The number of hydrogen-bond donors (Lipinski definition) is 0. The van der Waals surface area contributed by atoms with Crippen molar-refractivity contribution in [1.29, 1.82) is 0 Å². The van der Waals surface area contributed by atoms with Crippen LogP contribution in [0.4, 0.5) is 4.39 Å². The average Bonchev–Trinajstić information content (AvgIpc) is 2.90. The first-order chi connectivity index (χ1) is 10.2. The number of carbonyl (C=O) groups is 1. The quantitative estimate of drug-likeness (QED) is 0.851. The van der Waals surface area contributed by atoms with Gasteiger partial charge in [-0.15, -0.1) is 0 Å². The molecule has 1 aromatic carbocycles. The van der Waals surface area contributed by atoms with E-state index in [1.54, 1.807) is 23.0 Å². The molecule has 0 radical (unpaired) electrons. The molecule has 1 saturated heterocycles. The summed E-state index contributed by atoms with van der Waals surface area (Å²) in [6.07, 6.45) is 4.93. The number of rotatable bonds is 2. The first kappa shape index (κ1) is 13.8. The highest BCUT2D eigenvalue weighted by Crippen LogP contribution is 2.18. The molecule has 0 aliphatic carbocycles. The second kappa shape index (κ2) is 5.68. The first-order valence-corrected chi connectivity index (χ1v) is 7.26. The fourth-order valence-electron chi connectivity index (χ4n) is 2.73. The van der Waals surface area contributed by atoms with Gasteiger partial charge in [0.2, 0.25) is 0 Å². The molecule has 0 bridgehead atoms. The molecule has 1 fully saturated rings. The van der Waals surface area contributed by atoms with Gasteiger partial charge in [0, 0.05) is 13.1 Å². The smallest absolute Gasteiger partial charge is 0.257 e. The van der Waals surface area contributed by atoms with Crippen LogP contribution in [0.2, 0.25) is 0 Å². The predicted octanol–water partition coefficient (Wildman–Crippen LogP) is 2.95. The van der Waals surface area contributed by atoms with E-state index in [9.17, 15) is 9.18 Å². The molecular formula is C16H18FN3O. The molecule has 1 aromatic heterocycles. The standard InChI is InChI=1S/C16H18FN3O/c1-12-15(16(21)19-9-3-2-4-10-19)11-18-20(12)14-7-5-13(17)6-8-14/h5-8,11H,2-4,9-10H2,1H3. The molecule has 0 N–H and O–H groups in total. The van der Waals surface area contributed by atoms with E-state index >= 15 is 0 Å². The van der Waals surface area contributed by atoms with E-state index in [2.05, 4.69) is 5.10 Å². The topological polar surface area (TPSA) is 38.1 Å². The fraction of sp³-hybridized carbons (Fsp3) is 0.375. The lowest BCUT2D eigenvalue weighted by molar-refractivity contribution is 0.0723. The minimum Gasteiger partial charge on any atom is -0.339 e. The van der Waals surface area contributed by atoms with Gasteiger partial charge in [0.05, 0.1) is 23.1 Å². The van der Waals surface area contributed by atoms with E-state index in [4.69, 9.17) is 0 Å². The molecule has 5 heteroatoms. The number of likely N-dealkylation sites (tertiary alicyclic amines) is 1.